The number of rotatable bonds is 5. The third-order valence-electron chi connectivity index (χ3n) is 3.89. The molecule has 1 aliphatic heterocycles. The lowest BCUT2D eigenvalue weighted by Gasteiger charge is -2.28. The Morgan fingerprint density at radius 3 is 2.72 bits per heavy atom. The Kier molecular flexibility index (Phi) is 6.24. The van der Waals surface area contributed by atoms with E-state index in [4.69, 9.17) is 4.74 Å². The van der Waals surface area contributed by atoms with Crippen LogP contribution in [0.5, 0.6) is 5.75 Å². The molecule has 1 aliphatic rings. The van der Waals surface area contributed by atoms with Crippen molar-refractivity contribution in [1.29, 1.82) is 0 Å². The summed E-state index contributed by atoms with van der Waals surface area (Å²) in [5.74, 6) is -0.671. The maximum absolute atomic E-state index is 12.2. The van der Waals surface area contributed by atoms with Crippen molar-refractivity contribution in [2.45, 2.75) is 13.0 Å². The highest BCUT2D eigenvalue weighted by Gasteiger charge is 2.30. The van der Waals surface area contributed by atoms with Crippen LogP contribution in [0.15, 0.2) is 23.2 Å². The first-order valence-corrected chi connectivity index (χ1v) is 8.04. The van der Waals surface area contributed by atoms with Crippen molar-refractivity contribution in [3.63, 3.8) is 0 Å². The average Bonchev–Trinajstić information content (AvgIpc) is 2.58. The first-order chi connectivity index (χ1) is 11.8. The molecule has 2 rings (SSSR count). The van der Waals surface area contributed by atoms with E-state index >= 15 is 0 Å². The van der Waals surface area contributed by atoms with Gasteiger partial charge in [-0.2, -0.15) is 0 Å². The van der Waals surface area contributed by atoms with Crippen molar-refractivity contribution in [2.75, 3.05) is 40.9 Å². The number of hydrazine groups is 1. The molecule has 1 heterocycles. The SMILES string of the molecule is CCN(C)NC1C(=O)COCC1=Nc1cccc(C(=O)N(C)C)c1O. The van der Waals surface area contributed by atoms with Gasteiger partial charge in [-0.25, -0.2) is 15.4 Å². The van der Waals surface area contributed by atoms with Crippen molar-refractivity contribution in [1.82, 2.24) is 15.3 Å². The van der Waals surface area contributed by atoms with Crippen LogP contribution in [-0.4, -0.2) is 79.4 Å². The lowest BCUT2D eigenvalue weighted by Crippen LogP contribution is -2.55. The molecule has 0 aromatic heterocycles. The molecule has 0 radical (unpaired) electrons. The maximum Gasteiger partial charge on any atom is 0.257 e. The number of carbonyl (C=O) groups is 2. The van der Waals surface area contributed by atoms with Crippen LogP contribution >= 0.6 is 0 Å². The molecule has 0 spiro atoms. The van der Waals surface area contributed by atoms with Gasteiger partial charge < -0.3 is 14.7 Å². The normalized spacial score (nSPS) is 19.5. The molecular formula is C17H24N4O4. The molecule has 8 nitrogen and oxygen atoms in total. The van der Waals surface area contributed by atoms with Gasteiger partial charge in [-0.1, -0.05) is 13.0 Å². The molecule has 1 unspecified atom stereocenters. The molecule has 1 aromatic carbocycles. The van der Waals surface area contributed by atoms with E-state index in [0.29, 0.717) is 12.3 Å². The second-order valence-electron chi connectivity index (χ2n) is 6.01. The highest BCUT2D eigenvalue weighted by Crippen LogP contribution is 2.31. The van der Waals surface area contributed by atoms with Crippen LogP contribution in [0.4, 0.5) is 5.69 Å². The minimum absolute atomic E-state index is 0.0133. The maximum atomic E-state index is 12.2. The number of carbonyl (C=O) groups excluding carboxylic acids is 2. The molecule has 1 aromatic rings. The molecule has 0 bridgehead atoms. The number of ketones is 1. The van der Waals surface area contributed by atoms with Crippen LogP contribution in [0.2, 0.25) is 0 Å². The van der Waals surface area contributed by atoms with Gasteiger partial charge in [0.1, 0.15) is 18.3 Å². The van der Waals surface area contributed by atoms with Gasteiger partial charge in [-0.3, -0.25) is 9.59 Å². The number of phenolic OH excluding ortho intramolecular Hbond substituents is 1. The molecule has 136 valence electrons. The summed E-state index contributed by atoms with van der Waals surface area (Å²) in [7, 11) is 5.04. The van der Waals surface area contributed by atoms with Crippen LogP contribution in [0.3, 0.4) is 0 Å². The lowest BCUT2D eigenvalue weighted by atomic mass is 10.1. The van der Waals surface area contributed by atoms with Gasteiger partial charge in [-0.15, -0.1) is 0 Å². The number of para-hydroxylation sites is 1. The molecule has 0 saturated carbocycles. The summed E-state index contributed by atoms with van der Waals surface area (Å²) >= 11 is 0. The van der Waals surface area contributed by atoms with E-state index in [1.807, 2.05) is 14.0 Å². The molecule has 1 fully saturated rings. The van der Waals surface area contributed by atoms with Crippen molar-refractivity contribution in [3.8, 4) is 5.75 Å². The zero-order valence-corrected chi connectivity index (χ0v) is 14.9. The second-order valence-corrected chi connectivity index (χ2v) is 6.01. The first kappa shape index (κ1) is 19.0. The highest BCUT2D eigenvalue weighted by molar-refractivity contribution is 6.12. The number of nitrogens with one attached hydrogen (secondary N) is 1. The second kappa shape index (κ2) is 8.19. The van der Waals surface area contributed by atoms with Gasteiger partial charge in [-0.05, 0) is 12.1 Å². The van der Waals surface area contributed by atoms with Gasteiger partial charge in [0.05, 0.1) is 17.9 Å². The lowest BCUT2D eigenvalue weighted by molar-refractivity contribution is -0.126. The molecule has 0 aliphatic carbocycles. The quantitative estimate of drug-likeness (QED) is 0.757. The number of Topliss-reactive ketones (excluding diaryl/α,β-unsaturated/α-hetero) is 1. The van der Waals surface area contributed by atoms with E-state index < -0.39 is 6.04 Å². The van der Waals surface area contributed by atoms with Crippen LogP contribution < -0.4 is 5.43 Å². The van der Waals surface area contributed by atoms with E-state index in [0.717, 1.165) is 0 Å². The molecular weight excluding hydrogens is 324 g/mol. The molecule has 8 heteroatoms. The Morgan fingerprint density at radius 2 is 2.08 bits per heavy atom. The van der Waals surface area contributed by atoms with E-state index in [1.165, 1.54) is 11.0 Å². The molecule has 1 amide bonds. The number of benzene rings is 1. The van der Waals surface area contributed by atoms with Crippen molar-refractivity contribution >= 4 is 23.1 Å². The summed E-state index contributed by atoms with van der Waals surface area (Å²) in [6.07, 6.45) is 0. The van der Waals surface area contributed by atoms with Crippen molar-refractivity contribution in [2.24, 2.45) is 4.99 Å². The molecule has 25 heavy (non-hydrogen) atoms. The molecule has 1 saturated heterocycles. The van der Waals surface area contributed by atoms with Gasteiger partial charge in [0.15, 0.2) is 11.5 Å². The standard InChI is InChI=1S/C17H24N4O4/c1-5-21(4)19-15-13(9-25-10-14(15)22)18-12-8-6-7-11(16(12)23)17(24)20(2)3/h6-8,15,19,23H,5,9-10H2,1-4H3. The minimum Gasteiger partial charge on any atom is -0.505 e. The number of nitrogens with zero attached hydrogens (tertiary/aromatic N) is 3. The fraction of sp³-hybridized carbons (Fsp3) is 0.471. The van der Waals surface area contributed by atoms with Crippen molar-refractivity contribution < 1.29 is 19.4 Å². The number of aromatic hydroxyl groups is 1. The van der Waals surface area contributed by atoms with E-state index in [1.54, 1.807) is 31.2 Å². The minimum atomic E-state index is -0.619. The van der Waals surface area contributed by atoms with Crippen LogP contribution in [0.25, 0.3) is 0 Å². The predicted octanol–water partition coefficient (Wildman–Crippen LogP) is 0.591. The summed E-state index contributed by atoms with van der Waals surface area (Å²) in [6.45, 7) is 2.84. The van der Waals surface area contributed by atoms with Crippen LogP contribution in [-0.2, 0) is 9.53 Å². The zero-order valence-electron chi connectivity index (χ0n) is 14.9. The fourth-order valence-electron chi connectivity index (χ4n) is 2.35. The predicted molar refractivity (Wildman–Crippen MR) is 94.3 cm³/mol. The van der Waals surface area contributed by atoms with Gasteiger partial charge in [0.25, 0.3) is 5.91 Å². The number of hydrogen-bond acceptors (Lipinski definition) is 7. The summed E-state index contributed by atoms with van der Waals surface area (Å²) in [5, 5.41) is 12.2. The van der Waals surface area contributed by atoms with E-state index in [2.05, 4.69) is 10.4 Å². The number of phenols is 1. The summed E-state index contributed by atoms with van der Waals surface area (Å²) in [4.78, 5) is 30.1. The average molecular weight is 348 g/mol. The Hall–Kier alpha value is -2.29. The number of amides is 1. The van der Waals surface area contributed by atoms with Gasteiger partial charge in [0.2, 0.25) is 0 Å². The van der Waals surface area contributed by atoms with Crippen LogP contribution in [0.1, 0.15) is 17.3 Å². The van der Waals surface area contributed by atoms with Gasteiger partial charge >= 0.3 is 0 Å². The zero-order chi connectivity index (χ0) is 18.6. The Labute approximate surface area is 147 Å². The largest absolute Gasteiger partial charge is 0.505 e. The third-order valence-corrected chi connectivity index (χ3v) is 3.89. The van der Waals surface area contributed by atoms with Crippen LogP contribution in [0, 0.1) is 0 Å². The van der Waals surface area contributed by atoms with E-state index in [9.17, 15) is 14.7 Å². The number of hydrogen-bond donors (Lipinski definition) is 2. The number of aliphatic imine (C=N–C) groups is 1. The molecule has 1 atom stereocenters. The monoisotopic (exact) mass is 348 g/mol. The fourth-order valence-corrected chi connectivity index (χ4v) is 2.35. The van der Waals surface area contributed by atoms with Gasteiger partial charge in [0, 0.05) is 27.7 Å². The molecule has 2 N–H and O–H groups in total. The topological polar surface area (TPSA) is 94.5 Å². The third kappa shape index (κ3) is 4.41. The van der Waals surface area contributed by atoms with Crippen molar-refractivity contribution in [3.05, 3.63) is 23.8 Å². The Balaban J connectivity index is 2.38. The summed E-state index contributed by atoms with van der Waals surface area (Å²) < 4.78 is 5.27. The summed E-state index contributed by atoms with van der Waals surface area (Å²) in [6, 6.07) is 4.15. The Morgan fingerprint density at radius 1 is 1.36 bits per heavy atom. The first-order valence-electron chi connectivity index (χ1n) is 8.04. The highest BCUT2D eigenvalue weighted by atomic mass is 16.5. The number of ether oxygens (including phenoxy) is 1. The summed E-state index contributed by atoms with van der Waals surface area (Å²) in [5.41, 5.74) is 3.93. The smallest absolute Gasteiger partial charge is 0.257 e. The van der Waals surface area contributed by atoms with E-state index in [-0.39, 0.29) is 41.9 Å². The Bertz CT molecular complexity index is 687.